The predicted octanol–water partition coefficient (Wildman–Crippen LogP) is 1.60. The van der Waals surface area contributed by atoms with Crippen molar-refractivity contribution in [1.82, 2.24) is 0 Å². The lowest BCUT2D eigenvalue weighted by Gasteiger charge is -2.22. The van der Waals surface area contributed by atoms with Crippen LogP contribution in [0.3, 0.4) is 0 Å². The van der Waals surface area contributed by atoms with E-state index in [2.05, 4.69) is 0 Å². The Kier molecular flexibility index (Phi) is 2.48. The van der Waals surface area contributed by atoms with Crippen molar-refractivity contribution >= 4 is 0 Å². The summed E-state index contributed by atoms with van der Waals surface area (Å²) < 4.78 is 17.0. The Bertz CT molecular complexity index is 403. The number of hydrogen-bond acceptors (Lipinski definition) is 4. The molecular formula is C13H16O4. The first-order valence-electron chi connectivity index (χ1n) is 5.81. The first-order valence-corrected chi connectivity index (χ1v) is 5.81. The Labute approximate surface area is 100 Å². The highest BCUT2D eigenvalue weighted by Gasteiger charge is 2.55. The average molecular weight is 236 g/mol. The summed E-state index contributed by atoms with van der Waals surface area (Å²) in [6.45, 7) is 3.69. The van der Waals surface area contributed by atoms with Crippen molar-refractivity contribution in [1.29, 1.82) is 0 Å². The number of hydrogen-bond donors (Lipinski definition) is 1. The van der Waals surface area contributed by atoms with Gasteiger partial charge < -0.3 is 19.3 Å². The average Bonchev–Trinajstić information content (AvgIpc) is 2.76. The van der Waals surface area contributed by atoms with Crippen LogP contribution in [-0.2, 0) is 14.2 Å². The van der Waals surface area contributed by atoms with Gasteiger partial charge in [-0.15, -0.1) is 0 Å². The van der Waals surface area contributed by atoms with E-state index in [-0.39, 0.29) is 12.2 Å². The normalized spacial score (nSPS) is 39.2. The van der Waals surface area contributed by atoms with Crippen molar-refractivity contribution in [3.63, 3.8) is 0 Å². The van der Waals surface area contributed by atoms with E-state index in [0.717, 1.165) is 5.56 Å². The number of aliphatic hydroxyl groups is 1. The van der Waals surface area contributed by atoms with Crippen molar-refractivity contribution in [3.8, 4) is 0 Å². The van der Waals surface area contributed by atoms with E-state index in [0.29, 0.717) is 0 Å². The van der Waals surface area contributed by atoms with Crippen LogP contribution in [0.4, 0.5) is 0 Å². The van der Waals surface area contributed by atoms with Crippen LogP contribution < -0.4 is 0 Å². The Morgan fingerprint density at radius 1 is 1.06 bits per heavy atom. The molecule has 0 aliphatic carbocycles. The van der Waals surface area contributed by atoms with E-state index in [1.54, 1.807) is 0 Å². The van der Waals surface area contributed by atoms with Gasteiger partial charge in [-0.3, -0.25) is 0 Å². The van der Waals surface area contributed by atoms with Gasteiger partial charge in [0.2, 0.25) is 0 Å². The van der Waals surface area contributed by atoms with Crippen LogP contribution in [0.5, 0.6) is 0 Å². The first-order chi connectivity index (χ1) is 8.07. The lowest BCUT2D eigenvalue weighted by atomic mass is 10.0. The zero-order chi connectivity index (χ0) is 12.0. The lowest BCUT2D eigenvalue weighted by Crippen LogP contribution is -2.29. The van der Waals surface area contributed by atoms with Crippen LogP contribution in [0.15, 0.2) is 30.3 Å². The molecule has 4 nitrogen and oxygen atoms in total. The maximum absolute atomic E-state index is 9.84. The molecule has 4 heteroatoms. The third kappa shape index (κ3) is 1.87. The van der Waals surface area contributed by atoms with Gasteiger partial charge in [0.1, 0.15) is 18.3 Å². The molecule has 0 radical (unpaired) electrons. The van der Waals surface area contributed by atoms with Crippen LogP contribution in [0.2, 0.25) is 0 Å². The van der Waals surface area contributed by atoms with E-state index in [9.17, 15) is 5.11 Å². The minimum atomic E-state index is -0.924. The van der Waals surface area contributed by atoms with Gasteiger partial charge in [-0.2, -0.15) is 0 Å². The zero-order valence-electron chi connectivity index (χ0n) is 9.87. The van der Waals surface area contributed by atoms with Crippen LogP contribution >= 0.6 is 0 Å². The second kappa shape index (κ2) is 3.78. The van der Waals surface area contributed by atoms with Crippen LogP contribution in [0, 0.1) is 0 Å². The Morgan fingerprint density at radius 3 is 2.41 bits per heavy atom. The van der Waals surface area contributed by atoms with Crippen LogP contribution in [0.25, 0.3) is 0 Å². The van der Waals surface area contributed by atoms with E-state index in [1.165, 1.54) is 0 Å². The highest BCUT2D eigenvalue weighted by atomic mass is 16.8. The Hall–Kier alpha value is -0.940. The van der Waals surface area contributed by atoms with Gasteiger partial charge in [-0.25, -0.2) is 0 Å². The molecule has 17 heavy (non-hydrogen) atoms. The second-order valence-electron chi connectivity index (χ2n) is 4.92. The number of aliphatic hydroxyl groups excluding tert-OH is 1. The first kappa shape index (κ1) is 11.2. The highest BCUT2D eigenvalue weighted by molar-refractivity contribution is 5.21. The highest BCUT2D eigenvalue weighted by Crippen LogP contribution is 2.44. The smallest absolute Gasteiger partial charge is 0.184 e. The van der Waals surface area contributed by atoms with Gasteiger partial charge in [0.25, 0.3) is 0 Å². The lowest BCUT2D eigenvalue weighted by molar-refractivity contribution is -0.221. The fraction of sp³-hybridized carbons (Fsp3) is 0.538. The van der Waals surface area contributed by atoms with E-state index in [4.69, 9.17) is 14.2 Å². The Balaban J connectivity index is 1.89. The molecule has 2 saturated heterocycles. The van der Waals surface area contributed by atoms with Gasteiger partial charge in [0.05, 0.1) is 0 Å². The molecule has 0 saturated carbocycles. The molecular weight excluding hydrogens is 220 g/mol. The fourth-order valence-electron chi connectivity index (χ4n) is 2.49. The van der Waals surface area contributed by atoms with Crippen molar-refractivity contribution < 1.29 is 19.3 Å². The number of benzene rings is 1. The molecule has 2 aliphatic heterocycles. The van der Waals surface area contributed by atoms with E-state index < -0.39 is 18.2 Å². The Morgan fingerprint density at radius 2 is 1.71 bits per heavy atom. The third-order valence-corrected chi connectivity index (χ3v) is 3.16. The van der Waals surface area contributed by atoms with Crippen molar-refractivity contribution in [2.45, 2.75) is 44.2 Å². The van der Waals surface area contributed by atoms with Gasteiger partial charge in [0, 0.05) is 0 Å². The van der Waals surface area contributed by atoms with Gasteiger partial charge in [-0.1, -0.05) is 30.3 Å². The van der Waals surface area contributed by atoms with Crippen molar-refractivity contribution in [2.24, 2.45) is 0 Å². The molecule has 0 aromatic heterocycles. The SMILES string of the molecule is CC1(C)O[C@@H]2[C@H](O1)C(O)O[C@H]2c1ccccc1. The van der Waals surface area contributed by atoms with Crippen molar-refractivity contribution in [3.05, 3.63) is 35.9 Å². The number of ether oxygens (including phenoxy) is 3. The summed E-state index contributed by atoms with van der Waals surface area (Å²) in [6, 6.07) is 9.77. The molecule has 3 rings (SSSR count). The van der Waals surface area contributed by atoms with Gasteiger partial charge in [-0.05, 0) is 19.4 Å². The third-order valence-electron chi connectivity index (χ3n) is 3.16. The molecule has 1 unspecified atom stereocenters. The molecule has 4 atom stereocenters. The minimum absolute atomic E-state index is 0.248. The molecule has 2 heterocycles. The zero-order valence-corrected chi connectivity index (χ0v) is 9.87. The number of rotatable bonds is 1. The maximum Gasteiger partial charge on any atom is 0.184 e. The summed E-state index contributed by atoms with van der Waals surface area (Å²) in [5, 5.41) is 9.84. The van der Waals surface area contributed by atoms with Crippen molar-refractivity contribution in [2.75, 3.05) is 0 Å². The van der Waals surface area contributed by atoms with Gasteiger partial charge in [0.15, 0.2) is 12.1 Å². The molecule has 2 aliphatic rings. The number of fused-ring (bicyclic) bond motifs is 1. The predicted molar refractivity (Wildman–Crippen MR) is 60.1 cm³/mol. The molecule has 1 N–H and O–H groups in total. The molecule has 1 aromatic carbocycles. The molecule has 0 amide bonds. The van der Waals surface area contributed by atoms with Crippen LogP contribution in [-0.4, -0.2) is 29.4 Å². The molecule has 2 fully saturated rings. The molecule has 0 bridgehead atoms. The van der Waals surface area contributed by atoms with E-state index in [1.807, 2.05) is 44.2 Å². The standard InChI is InChI=1S/C13H16O4/c1-13(2)16-10-9(8-6-4-3-5-7-8)15-12(14)11(10)17-13/h3-7,9-12,14H,1-2H3/t9-,10-,11-,12?/m0/s1. The molecule has 0 spiro atoms. The summed E-state index contributed by atoms with van der Waals surface area (Å²) >= 11 is 0. The summed E-state index contributed by atoms with van der Waals surface area (Å²) in [4.78, 5) is 0. The van der Waals surface area contributed by atoms with Gasteiger partial charge >= 0.3 is 0 Å². The monoisotopic (exact) mass is 236 g/mol. The maximum atomic E-state index is 9.84. The summed E-state index contributed by atoms with van der Waals surface area (Å²) in [7, 11) is 0. The summed E-state index contributed by atoms with van der Waals surface area (Å²) in [5.74, 6) is -0.660. The largest absolute Gasteiger partial charge is 0.366 e. The van der Waals surface area contributed by atoms with E-state index >= 15 is 0 Å². The topological polar surface area (TPSA) is 47.9 Å². The minimum Gasteiger partial charge on any atom is -0.366 e. The quantitative estimate of drug-likeness (QED) is 0.804. The summed E-state index contributed by atoms with van der Waals surface area (Å²) in [5.41, 5.74) is 1.00. The molecule has 1 aromatic rings. The second-order valence-corrected chi connectivity index (χ2v) is 4.92. The summed E-state index contributed by atoms with van der Waals surface area (Å²) in [6.07, 6.45) is -1.84. The molecule has 92 valence electrons. The van der Waals surface area contributed by atoms with Crippen LogP contribution in [0.1, 0.15) is 25.5 Å². The fourth-order valence-corrected chi connectivity index (χ4v) is 2.49.